The van der Waals surface area contributed by atoms with Crippen LogP contribution in [-0.2, 0) is 4.74 Å². The molecule has 0 aliphatic carbocycles. The lowest BCUT2D eigenvalue weighted by Gasteiger charge is -2.45. The van der Waals surface area contributed by atoms with E-state index >= 15 is 0 Å². The summed E-state index contributed by atoms with van der Waals surface area (Å²) in [5.74, 6) is 0. The molecule has 0 radical (unpaired) electrons. The van der Waals surface area contributed by atoms with E-state index in [1.165, 1.54) is 0 Å². The lowest BCUT2D eigenvalue weighted by molar-refractivity contribution is -0.214. The maximum absolute atomic E-state index is 9.82. The van der Waals surface area contributed by atoms with Crippen LogP contribution in [0.3, 0.4) is 0 Å². The standard InChI is InChI=1S/C10H21NO4/c1-10(2,3)9-8(14)7(13)6(11)5(4-12)15-9/h5-9,12-14H,4,11H2,1-3H3. The molecule has 5 N–H and O–H groups in total. The van der Waals surface area contributed by atoms with E-state index in [1.54, 1.807) is 0 Å². The van der Waals surface area contributed by atoms with Crippen LogP contribution in [0.15, 0.2) is 0 Å². The quantitative estimate of drug-likeness (QED) is 0.446. The molecule has 0 saturated carbocycles. The van der Waals surface area contributed by atoms with Crippen molar-refractivity contribution in [2.24, 2.45) is 11.1 Å². The smallest absolute Gasteiger partial charge is 0.108 e. The van der Waals surface area contributed by atoms with Crippen molar-refractivity contribution >= 4 is 0 Å². The first-order valence-electron chi connectivity index (χ1n) is 5.17. The lowest BCUT2D eigenvalue weighted by atomic mass is 9.80. The Hall–Kier alpha value is -0.200. The molecular formula is C10H21NO4. The second-order valence-electron chi connectivity index (χ2n) is 5.20. The van der Waals surface area contributed by atoms with Gasteiger partial charge in [0.15, 0.2) is 0 Å². The summed E-state index contributed by atoms with van der Waals surface area (Å²) < 4.78 is 5.51. The van der Waals surface area contributed by atoms with Crippen molar-refractivity contribution in [1.82, 2.24) is 0 Å². The van der Waals surface area contributed by atoms with E-state index in [0.717, 1.165) is 0 Å². The van der Waals surface area contributed by atoms with E-state index < -0.39 is 30.5 Å². The number of aliphatic hydroxyl groups is 3. The van der Waals surface area contributed by atoms with Gasteiger partial charge >= 0.3 is 0 Å². The molecule has 0 aromatic rings. The summed E-state index contributed by atoms with van der Waals surface area (Å²) in [6.07, 6.45) is -3.21. The molecule has 1 aliphatic rings. The summed E-state index contributed by atoms with van der Waals surface area (Å²) in [7, 11) is 0. The molecule has 1 saturated heterocycles. The Labute approximate surface area is 89.9 Å². The zero-order valence-corrected chi connectivity index (χ0v) is 9.42. The molecule has 1 aliphatic heterocycles. The van der Waals surface area contributed by atoms with Crippen LogP contribution in [0.1, 0.15) is 20.8 Å². The molecule has 5 unspecified atom stereocenters. The Balaban J connectivity index is 2.83. The van der Waals surface area contributed by atoms with Gasteiger partial charge in [-0.2, -0.15) is 0 Å². The molecule has 5 atom stereocenters. The van der Waals surface area contributed by atoms with Crippen LogP contribution in [-0.4, -0.2) is 52.4 Å². The van der Waals surface area contributed by atoms with Crippen molar-refractivity contribution in [2.75, 3.05) is 6.61 Å². The normalized spacial score (nSPS) is 43.0. The minimum atomic E-state index is -1.06. The van der Waals surface area contributed by atoms with Crippen LogP contribution < -0.4 is 5.73 Å². The fraction of sp³-hybridized carbons (Fsp3) is 1.00. The monoisotopic (exact) mass is 219 g/mol. The van der Waals surface area contributed by atoms with Crippen LogP contribution in [0.4, 0.5) is 0 Å². The third kappa shape index (κ3) is 2.49. The molecule has 0 bridgehead atoms. The van der Waals surface area contributed by atoms with E-state index in [4.69, 9.17) is 15.6 Å². The zero-order valence-electron chi connectivity index (χ0n) is 9.42. The molecule has 1 rings (SSSR count). The molecule has 0 aromatic carbocycles. The van der Waals surface area contributed by atoms with E-state index in [-0.39, 0.29) is 12.0 Å². The van der Waals surface area contributed by atoms with Gasteiger partial charge in [0.05, 0.1) is 24.9 Å². The second-order valence-corrected chi connectivity index (χ2v) is 5.20. The largest absolute Gasteiger partial charge is 0.394 e. The van der Waals surface area contributed by atoms with Gasteiger partial charge in [0.2, 0.25) is 0 Å². The number of rotatable bonds is 1. The fourth-order valence-corrected chi connectivity index (χ4v) is 1.87. The van der Waals surface area contributed by atoms with Gasteiger partial charge in [-0.05, 0) is 5.41 Å². The molecule has 15 heavy (non-hydrogen) atoms. The molecule has 5 nitrogen and oxygen atoms in total. The number of ether oxygens (including phenoxy) is 1. The van der Waals surface area contributed by atoms with Crippen LogP contribution in [0.25, 0.3) is 0 Å². The van der Waals surface area contributed by atoms with Gasteiger partial charge in [-0.25, -0.2) is 0 Å². The second kappa shape index (κ2) is 4.35. The van der Waals surface area contributed by atoms with E-state index in [2.05, 4.69) is 0 Å². The van der Waals surface area contributed by atoms with Gasteiger partial charge < -0.3 is 25.8 Å². The third-order valence-electron chi connectivity index (χ3n) is 2.84. The van der Waals surface area contributed by atoms with Crippen LogP contribution >= 0.6 is 0 Å². The summed E-state index contributed by atoms with van der Waals surface area (Å²) in [6, 6.07) is -0.747. The van der Waals surface area contributed by atoms with Crippen molar-refractivity contribution in [3.63, 3.8) is 0 Å². The maximum Gasteiger partial charge on any atom is 0.108 e. The Morgan fingerprint density at radius 2 is 1.73 bits per heavy atom. The highest BCUT2D eigenvalue weighted by atomic mass is 16.5. The molecule has 1 fully saturated rings. The topological polar surface area (TPSA) is 95.9 Å². The fourth-order valence-electron chi connectivity index (χ4n) is 1.87. The average molecular weight is 219 g/mol. The number of hydrogen-bond donors (Lipinski definition) is 4. The van der Waals surface area contributed by atoms with Crippen molar-refractivity contribution in [1.29, 1.82) is 0 Å². The zero-order chi connectivity index (χ0) is 11.8. The summed E-state index contributed by atoms with van der Waals surface area (Å²) in [4.78, 5) is 0. The molecule has 5 heteroatoms. The average Bonchev–Trinajstić information content (AvgIpc) is 2.13. The Morgan fingerprint density at radius 1 is 1.20 bits per heavy atom. The minimum Gasteiger partial charge on any atom is -0.394 e. The first-order valence-corrected chi connectivity index (χ1v) is 5.17. The van der Waals surface area contributed by atoms with Crippen molar-refractivity contribution in [2.45, 2.75) is 51.2 Å². The van der Waals surface area contributed by atoms with E-state index in [9.17, 15) is 10.2 Å². The van der Waals surface area contributed by atoms with Gasteiger partial charge in [-0.1, -0.05) is 20.8 Å². The maximum atomic E-state index is 9.82. The van der Waals surface area contributed by atoms with Gasteiger partial charge in [-0.3, -0.25) is 0 Å². The van der Waals surface area contributed by atoms with Gasteiger partial charge in [0.25, 0.3) is 0 Å². The summed E-state index contributed by atoms with van der Waals surface area (Å²) in [5.41, 5.74) is 5.32. The van der Waals surface area contributed by atoms with Crippen LogP contribution in [0.5, 0.6) is 0 Å². The Bertz CT molecular complexity index is 214. The molecule has 90 valence electrons. The Kier molecular flexibility index (Phi) is 3.73. The van der Waals surface area contributed by atoms with E-state index in [1.807, 2.05) is 20.8 Å². The number of nitrogens with two attached hydrogens (primary N) is 1. The molecule has 0 amide bonds. The van der Waals surface area contributed by atoms with Crippen molar-refractivity contribution in [3.05, 3.63) is 0 Å². The minimum absolute atomic E-state index is 0.252. The molecular weight excluding hydrogens is 198 g/mol. The molecule has 0 aromatic heterocycles. The molecule has 1 heterocycles. The highest BCUT2D eigenvalue weighted by molar-refractivity contribution is 4.97. The van der Waals surface area contributed by atoms with Gasteiger partial charge in [0, 0.05) is 0 Å². The molecule has 0 spiro atoms. The summed E-state index contributed by atoms with van der Waals surface area (Å²) in [6.45, 7) is 5.45. The van der Waals surface area contributed by atoms with Gasteiger partial charge in [0.1, 0.15) is 12.2 Å². The van der Waals surface area contributed by atoms with E-state index in [0.29, 0.717) is 0 Å². The van der Waals surface area contributed by atoms with Crippen LogP contribution in [0.2, 0.25) is 0 Å². The predicted molar refractivity (Wildman–Crippen MR) is 55.2 cm³/mol. The summed E-state index contributed by atoms with van der Waals surface area (Å²) in [5, 5.41) is 28.6. The predicted octanol–water partition coefficient (Wildman–Crippen LogP) is -1.16. The van der Waals surface area contributed by atoms with Crippen molar-refractivity contribution in [3.8, 4) is 0 Å². The highest BCUT2D eigenvalue weighted by Gasteiger charge is 2.46. The first kappa shape index (κ1) is 12.9. The van der Waals surface area contributed by atoms with Gasteiger partial charge in [-0.15, -0.1) is 0 Å². The van der Waals surface area contributed by atoms with Crippen molar-refractivity contribution < 1.29 is 20.1 Å². The Morgan fingerprint density at radius 3 is 2.13 bits per heavy atom. The number of hydrogen-bond acceptors (Lipinski definition) is 5. The first-order chi connectivity index (χ1) is 6.79. The number of aliphatic hydroxyl groups excluding tert-OH is 3. The summed E-state index contributed by atoms with van der Waals surface area (Å²) >= 11 is 0. The van der Waals surface area contributed by atoms with Crippen LogP contribution in [0, 0.1) is 5.41 Å². The highest BCUT2D eigenvalue weighted by Crippen LogP contribution is 2.32. The third-order valence-corrected chi connectivity index (χ3v) is 2.84. The SMILES string of the molecule is CC(C)(C)C1OC(CO)C(N)C(O)C1O. The lowest BCUT2D eigenvalue weighted by Crippen LogP contribution is -2.64.